The smallest absolute Gasteiger partial charge is 0.229 e. The van der Waals surface area contributed by atoms with Crippen LogP contribution in [0.25, 0.3) is 0 Å². The van der Waals surface area contributed by atoms with Gasteiger partial charge < -0.3 is 10.2 Å². The van der Waals surface area contributed by atoms with Crippen LogP contribution in [-0.2, 0) is 9.59 Å². The molecule has 1 heterocycles. The molecule has 1 aliphatic heterocycles. The lowest BCUT2D eigenvalue weighted by molar-refractivity contribution is -0.129. The molecule has 1 fully saturated rings. The highest BCUT2D eigenvalue weighted by atomic mass is 35.5. The van der Waals surface area contributed by atoms with E-state index in [0.29, 0.717) is 17.3 Å². The molecule has 2 aromatic rings. The van der Waals surface area contributed by atoms with Crippen molar-refractivity contribution < 1.29 is 9.59 Å². The van der Waals surface area contributed by atoms with Crippen LogP contribution >= 0.6 is 11.6 Å². The second kappa shape index (κ2) is 7.28. The number of nitrogens with one attached hydrogen (secondary N) is 1. The number of hydrogen-bond acceptors (Lipinski definition) is 2. The van der Waals surface area contributed by atoms with Crippen LogP contribution in [0.5, 0.6) is 0 Å². The zero-order valence-corrected chi connectivity index (χ0v) is 15.1. The van der Waals surface area contributed by atoms with Gasteiger partial charge in [-0.2, -0.15) is 0 Å². The van der Waals surface area contributed by atoms with Gasteiger partial charge in [-0.15, -0.1) is 0 Å². The van der Waals surface area contributed by atoms with Crippen molar-refractivity contribution in [2.24, 2.45) is 5.92 Å². The average molecular weight is 357 g/mol. The van der Waals surface area contributed by atoms with Crippen LogP contribution in [0.1, 0.15) is 30.5 Å². The summed E-state index contributed by atoms with van der Waals surface area (Å²) in [5, 5.41) is 3.48. The lowest BCUT2D eigenvalue weighted by Crippen LogP contribution is -2.30. The maximum atomic E-state index is 12.6. The van der Waals surface area contributed by atoms with Gasteiger partial charge in [0.1, 0.15) is 0 Å². The van der Waals surface area contributed by atoms with E-state index >= 15 is 0 Å². The Morgan fingerprint density at radius 1 is 1.24 bits per heavy atom. The zero-order chi connectivity index (χ0) is 18.0. The van der Waals surface area contributed by atoms with Crippen LogP contribution < -0.4 is 5.32 Å². The SMILES string of the molecule is Cc1ccc(Cl)cc1NC(=O)[C@@H]1CC(=O)N([C@@H](C)c2ccccc2)C1. The molecule has 5 heteroatoms. The Balaban J connectivity index is 1.69. The Hall–Kier alpha value is -2.33. The number of nitrogens with zero attached hydrogens (tertiary/aromatic N) is 1. The van der Waals surface area contributed by atoms with Gasteiger partial charge in [0.2, 0.25) is 11.8 Å². The van der Waals surface area contributed by atoms with Gasteiger partial charge >= 0.3 is 0 Å². The highest BCUT2D eigenvalue weighted by molar-refractivity contribution is 6.31. The van der Waals surface area contributed by atoms with Crippen LogP contribution in [0, 0.1) is 12.8 Å². The lowest BCUT2D eigenvalue weighted by Gasteiger charge is -2.25. The van der Waals surface area contributed by atoms with E-state index < -0.39 is 0 Å². The number of anilines is 1. The summed E-state index contributed by atoms with van der Waals surface area (Å²) in [7, 11) is 0. The van der Waals surface area contributed by atoms with E-state index in [1.54, 1.807) is 17.0 Å². The Morgan fingerprint density at radius 3 is 2.68 bits per heavy atom. The predicted molar refractivity (Wildman–Crippen MR) is 99.5 cm³/mol. The maximum absolute atomic E-state index is 12.6. The number of hydrogen-bond donors (Lipinski definition) is 1. The third kappa shape index (κ3) is 3.85. The first kappa shape index (κ1) is 17.5. The monoisotopic (exact) mass is 356 g/mol. The molecule has 25 heavy (non-hydrogen) atoms. The van der Waals surface area contributed by atoms with E-state index in [0.717, 1.165) is 11.1 Å². The standard InChI is InChI=1S/C20H21ClN2O2/c1-13-8-9-17(21)11-18(13)22-20(25)16-10-19(24)23(12-16)14(2)15-6-4-3-5-7-15/h3-9,11,14,16H,10,12H2,1-2H3,(H,22,25)/t14-,16+/m0/s1. The summed E-state index contributed by atoms with van der Waals surface area (Å²) >= 11 is 6.00. The van der Waals surface area contributed by atoms with Gasteiger partial charge in [-0.3, -0.25) is 9.59 Å². The Bertz CT molecular complexity index is 792. The van der Waals surface area contributed by atoms with Crippen molar-refractivity contribution in [3.63, 3.8) is 0 Å². The summed E-state index contributed by atoms with van der Waals surface area (Å²) < 4.78 is 0. The predicted octanol–water partition coefficient (Wildman–Crippen LogP) is 4.20. The van der Waals surface area contributed by atoms with Crippen molar-refractivity contribution in [2.45, 2.75) is 26.3 Å². The number of halogens is 1. The van der Waals surface area contributed by atoms with E-state index in [-0.39, 0.29) is 30.2 Å². The second-order valence-corrected chi connectivity index (χ2v) is 6.92. The second-order valence-electron chi connectivity index (χ2n) is 6.48. The van der Waals surface area contributed by atoms with Crippen molar-refractivity contribution >= 4 is 29.1 Å². The molecule has 0 aromatic heterocycles. The lowest BCUT2D eigenvalue weighted by atomic mass is 10.1. The molecule has 130 valence electrons. The largest absolute Gasteiger partial charge is 0.335 e. The molecule has 2 amide bonds. The first-order valence-corrected chi connectivity index (χ1v) is 8.75. The molecule has 1 aliphatic rings. The molecule has 1 saturated heterocycles. The van der Waals surface area contributed by atoms with E-state index in [1.165, 1.54) is 0 Å². The molecule has 3 rings (SSSR count). The number of carbonyl (C=O) groups is 2. The summed E-state index contributed by atoms with van der Waals surface area (Å²) in [5.41, 5.74) is 2.71. The fourth-order valence-corrected chi connectivity index (χ4v) is 3.33. The molecular weight excluding hydrogens is 336 g/mol. The Labute approximate surface area is 152 Å². The number of amides is 2. The van der Waals surface area contributed by atoms with Gasteiger partial charge in [0, 0.05) is 23.7 Å². The highest BCUT2D eigenvalue weighted by Gasteiger charge is 2.37. The summed E-state index contributed by atoms with van der Waals surface area (Å²) in [6.07, 6.45) is 0.239. The molecular formula is C20H21ClN2O2. The van der Waals surface area contributed by atoms with Gasteiger partial charge in [-0.1, -0.05) is 48.0 Å². The number of likely N-dealkylation sites (tertiary alicyclic amines) is 1. The zero-order valence-electron chi connectivity index (χ0n) is 14.3. The van der Waals surface area contributed by atoms with E-state index in [1.807, 2.05) is 50.2 Å². The first-order chi connectivity index (χ1) is 12.0. The minimum Gasteiger partial charge on any atom is -0.335 e. The summed E-state index contributed by atoms with van der Waals surface area (Å²) in [6, 6.07) is 15.2. The van der Waals surface area contributed by atoms with Crippen LogP contribution in [0.2, 0.25) is 5.02 Å². The summed E-state index contributed by atoms with van der Waals surface area (Å²) in [5.74, 6) is -0.474. The third-order valence-electron chi connectivity index (χ3n) is 4.74. The Morgan fingerprint density at radius 2 is 1.96 bits per heavy atom. The summed E-state index contributed by atoms with van der Waals surface area (Å²) in [6.45, 7) is 4.34. The van der Waals surface area contributed by atoms with Crippen molar-refractivity contribution in [1.29, 1.82) is 0 Å². The molecule has 0 spiro atoms. The highest BCUT2D eigenvalue weighted by Crippen LogP contribution is 2.29. The Kier molecular flexibility index (Phi) is 5.09. The summed E-state index contributed by atoms with van der Waals surface area (Å²) in [4.78, 5) is 26.8. The third-order valence-corrected chi connectivity index (χ3v) is 4.97. The average Bonchev–Trinajstić information content (AvgIpc) is 3.00. The van der Waals surface area contributed by atoms with Gasteiger partial charge in [0.05, 0.1) is 12.0 Å². The molecule has 2 aromatic carbocycles. The van der Waals surface area contributed by atoms with Gasteiger partial charge in [0.25, 0.3) is 0 Å². The van der Waals surface area contributed by atoms with Gasteiger partial charge in [0.15, 0.2) is 0 Å². The molecule has 1 N–H and O–H groups in total. The van der Waals surface area contributed by atoms with Crippen molar-refractivity contribution in [3.05, 3.63) is 64.7 Å². The molecule has 0 saturated carbocycles. The van der Waals surface area contributed by atoms with Crippen LogP contribution in [-0.4, -0.2) is 23.3 Å². The van der Waals surface area contributed by atoms with Crippen LogP contribution in [0.4, 0.5) is 5.69 Å². The molecule has 0 radical (unpaired) electrons. The maximum Gasteiger partial charge on any atom is 0.229 e. The molecule has 0 aliphatic carbocycles. The molecule has 4 nitrogen and oxygen atoms in total. The minimum absolute atomic E-state index is 0.0133. The number of rotatable bonds is 4. The molecule has 0 unspecified atom stereocenters. The van der Waals surface area contributed by atoms with Gasteiger partial charge in [-0.25, -0.2) is 0 Å². The first-order valence-electron chi connectivity index (χ1n) is 8.37. The van der Waals surface area contributed by atoms with Crippen LogP contribution in [0.3, 0.4) is 0 Å². The number of carbonyl (C=O) groups excluding carboxylic acids is 2. The number of aryl methyl sites for hydroxylation is 1. The van der Waals surface area contributed by atoms with E-state index in [4.69, 9.17) is 11.6 Å². The minimum atomic E-state index is -0.350. The van der Waals surface area contributed by atoms with Crippen molar-refractivity contribution in [2.75, 3.05) is 11.9 Å². The van der Waals surface area contributed by atoms with Gasteiger partial charge in [-0.05, 0) is 37.1 Å². The molecule has 0 bridgehead atoms. The topological polar surface area (TPSA) is 49.4 Å². The fraction of sp³-hybridized carbons (Fsp3) is 0.300. The van der Waals surface area contributed by atoms with E-state index in [9.17, 15) is 9.59 Å². The normalized spacial score (nSPS) is 18.3. The van der Waals surface area contributed by atoms with Crippen LogP contribution in [0.15, 0.2) is 48.5 Å². The van der Waals surface area contributed by atoms with Crippen molar-refractivity contribution in [3.8, 4) is 0 Å². The van der Waals surface area contributed by atoms with E-state index in [2.05, 4.69) is 5.32 Å². The van der Waals surface area contributed by atoms with Crippen molar-refractivity contribution in [1.82, 2.24) is 4.90 Å². The fourth-order valence-electron chi connectivity index (χ4n) is 3.16. The molecule has 2 atom stereocenters. The quantitative estimate of drug-likeness (QED) is 0.892. The number of benzene rings is 2.